The normalized spacial score (nSPS) is 15.8. The van der Waals surface area contributed by atoms with Crippen molar-refractivity contribution in [2.75, 3.05) is 33.8 Å². The molecule has 0 bridgehead atoms. The summed E-state index contributed by atoms with van der Waals surface area (Å²) in [5.41, 5.74) is 2.55. The zero-order chi connectivity index (χ0) is 18.0. The number of nitrogens with one attached hydrogen (secondary N) is 1. The molecule has 0 spiro atoms. The van der Waals surface area contributed by atoms with E-state index < -0.39 is 0 Å². The number of carbonyl (C=O) groups excluding carboxylic acids is 1. The van der Waals surface area contributed by atoms with Gasteiger partial charge in [-0.1, -0.05) is 12.1 Å². The molecule has 6 heteroatoms. The maximum absolute atomic E-state index is 12.3. The number of fused-ring (bicyclic) bond motifs is 1. The molecule has 1 aliphatic rings. The number of hydrogen-bond acceptors (Lipinski definition) is 5. The number of hydrogen-bond donors (Lipinski definition) is 1. The van der Waals surface area contributed by atoms with Crippen molar-refractivity contribution in [3.63, 3.8) is 0 Å². The Morgan fingerprint density at radius 1 is 0.880 bits per heavy atom. The van der Waals surface area contributed by atoms with E-state index in [0.29, 0.717) is 35.1 Å². The van der Waals surface area contributed by atoms with Gasteiger partial charge in [0.2, 0.25) is 5.91 Å². The number of carbonyl (C=O) groups is 1. The highest BCUT2D eigenvalue weighted by molar-refractivity contribution is 5.96. The molecule has 0 unspecified atom stereocenters. The van der Waals surface area contributed by atoms with E-state index in [9.17, 15) is 4.79 Å². The predicted octanol–water partition coefficient (Wildman–Crippen LogP) is 3.20. The average Bonchev–Trinajstić information content (AvgIpc) is 2.65. The summed E-state index contributed by atoms with van der Waals surface area (Å²) in [5.74, 6) is 2.21. The average molecular weight is 343 g/mol. The van der Waals surface area contributed by atoms with Gasteiger partial charge in [-0.05, 0) is 17.7 Å². The van der Waals surface area contributed by atoms with Gasteiger partial charge in [-0.2, -0.15) is 0 Å². The van der Waals surface area contributed by atoms with Crippen LogP contribution in [0, 0.1) is 0 Å². The van der Waals surface area contributed by atoms with Crippen LogP contribution in [-0.4, -0.2) is 34.3 Å². The van der Waals surface area contributed by atoms with E-state index in [2.05, 4.69) is 5.32 Å². The lowest BCUT2D eigenvalue weighted by Crippen LogP contribution is -2.24. The van der Waals surface area contributed by atoms with Crippen LogP contribution in [0.5, 0.6) is 23.0 Å². The fraction of sp³-hybridized carbons (Fsp3) is 0.316. The molecule has 1 aliphatic heterocycles. The van der Waals surface area contributed by atoms with Crippen LogP contribution in [-0.2, 0) is 4.79 Å². The summed E-state index contributed by atoms with van der Waals surface area (Å²) >= 11 is 0. The first kappa shape index (κ1) is 17.0. The highest BCUT2D eigenvalue weighted by atomic mass is 16.5. The van der Waals surface area contributed by atoms with Crippen molar-refractivity contribution in [1.82, 2.24) is 0 Å². The number of methoxy groups -OCH3 is 4. The zero-order valence-corrected chi connectivity index (χ0v) is 14.7. The van der Waals surface area contributed by atoms with Crippen LogP contribution in [0.3, 0.4) is 0 Å². The van der Waals surface area contributed by atoms with Gasteiger partial charge in [0.25, 0.3) is 0 Å². The van der Waals surface area contributed by atoms with Crippen molar-refractivity contribution in [2.45, 2.75) is 12.3 Å². The van der Waals surface area contributed by atoms with Gasteiger partial charge in [-0.3, -0.25) is 4.79 Å². The van der Waals surface area contributed by atoms with E-state index in [1.54, 1.807) is 34.5 Å². The molecular formula is C19H21NO5. The molecule has 0 saturated heterocycles. The van der Waals surface area contributed by atoms with Crippen molar-refractivity contribution >= 4 is 11.6 Å². The Labute approximate surface area is 146 Å². The van der Waals surface area contributed by atoms with Gasteiger partial charge in [0.05, 0.1) is 28.4 Å². The third-order valence-electron chi connectivity index (χ3n) is 4.40. The van der Waals surface area contributed by atoms with Crippen molar-refractivity contribution in [3.8, 4) is 23.0 Å². The van der Waals surface area contributed by atoms with Gasteiger partial charge >= 0.3 is 0 Å². The van der Waals surface area contributed by atoms with Crippen molar-refractivity contribution in [2.24, 2.45) is 0 Å². The Morgan fingerprint density at radius 3 is 2.20 bits per heavy atom. The van der Waals surface area contributed by atoms with Crippen LogP contribution in [0.2, 0.25) is 0 Å². The lowest BCUT2D eigenvalue weighted by atomic mass is 9.84. The topological polar surface area (TPSA) is 66.0 Å². The third kappa shape index (κ3) is 2.95. The molecule has 1 heterocycles. The Balaban J connectivity index is 2.19. The highest BCUT2D eigenvalue weighted by Gasteiger charge is 2.31. The SMILES string of the molecule is COc1cc2c(cc1OC)[C@@H](c1cccc(OC)c1OC)CC(=O)N2. The fourth-order valence-corrected chi connectivity index (χ4v) is 3.25. The molecule has 25 heavy (non-hydrogen) atoms. The molecule has 0 saturated carbocycles. The van der Waals surface area contributed by atoms with Crippen molar-refractivity contribution in [3.05, 3.63) is 41.5 Å². The summed E-state index contributed by atoms with van der Waals surface area (Å²) in [5, 5.41) is 2.91. The molecule has 1 amide bonds. The Kier molecular flexibility index (Phi) is 4.70. The monoisotopic (exact) mass is 343 g/mol. The molecule has 132 valence electrons. The highest BCUT2D eigenvalue weighted by Crippen LogP contribution is 2.46. The van der Waals surface area contributed by atoms with E-state index >= 15 is 0 Å². The number of ether oxygens (including phenoxy) is 4. The molecule has 6 nitrogen and oxygen atoms in total. The first-order valence-corrected chi connectivity index (χ1v) is 7.89. The lowest BCUT2D eigenvalue weighted by Gasteiger charge is -2.28. The van der Waals surface area contributed by atoms with Gasteiger partial charge < -0.3 is 24.3 Å². The minimum absolute atomic E-state index is 0.0606. The summed E-state index contributed by atoms with van der Waals surface area (Å²) in [6.45, 7) is 0. The van der Waals surface area contributed by atoms with E-state index in [0.717, 1.165) is 11.1 Å². The summed E-state index contributed by atoms with van der Waals surface area (Å²) < 4.78 is 21.7. The maximum Gasteiger partial charge on any atom is 0.225 e. The molecule has 2 aromatic rings. The molecule has 0 aromatic heterocycles. The molecular weight excluding hydrogens is 322 g/mol. The summed E-state index contributed by atoms with van der Waals surface area (Å²) in [6.07, 6.45) is 0.312. The van der Waals surface area contributed by atoms with Crippen LogP contribution in [0.4, 0.5) is 5.69 Å². The largest absolute Gasteiger partial charge is 0.493 e. The number of para-hydroxylation sites is 1. The van der Waals surface area contributed by atoms with Gasteiger partial charge in [-0.25, -0.2) is 0 Å². The summed E-state index contributed by atoms with van der Waals surface area (Å²) in [4.78, 5) is 12.3. The number of anilines is 1. The maximum atomic E-state index is 12.3. The van der Waals surface area contributed by atoms with Gasteiger partial charge in [0.15, 0.2) is 23.0 Å². The predicted molar refractivity (Wildman–Crippen MR) is 94.2 cm³/mol. The van der Waals surface area contributed by atoms with Crippen molar-refractivity contribution in [1.29, 1.82) is 0 Å². The van der Waals surface area contributed by atoms with E-state index in [4.69, 9.17) is 18.9 Å². The number of amides is 1. The second-order valence-corrected chi connectivity index (χ2v) is 5.68. The zero-order valence-electron chi connectivity index (χ0n) is 14.7. The quantitative estimate of drug-likeness (QED) is 0.903. The second kappa shape index (κ2) is 6.93. The molecule has 3 rings (SSSR count). The smallest absolute Gasteiger partial charge is 0.225 e. The molecule has 0 fully saturated rings. The molecule has 0 aliphatic carbocycles. The molecule has 2 aromatic carbocycles. The summed E-state index contributed by atoms with van der Waals surface area (Å²) in [7, 11) is 6.35. The van der Waals surface area contributed by atoms with Crippen LogP contribution < -0.4 is 24.3 Å². The molecule has 1 atom stereocenters. The first-order chi connectivity index (χ1) is 12.1. The van der Waals surface area contributed by atoms with Gasteiger partial charge in [-0.15, -0.1) is 0 Å². The fourth-order valence-electron chi connectivity index (χ4n) is 3.25. The van der Waals surface area contributed by atoms with E-state index in [-0.39, 0.29) is 11.8 Å². The van der Waals surface area contributed by atoms with Crippen LogP contribution in [0.25, 0.3) is 0 Å². The van der Waals surface area contributed by atoms with Gasteiger partial charge in [0, 0.05) is 29.7 Å². The number of rotatable bonds is 5. The van der Waals surface area contributed by atoms with Crippen molar-refractivity contribution < 1.29 is 23.7 Å². The lowest BCUT2D eigenvalue weighted by molar-refractivity contribution is -0.116. The minimum Gasteiger partial charge on any atom is -0.493 e. The van der Waals surface area contributed by atoms with E-state index in [1.807, 2.05) is 24.3 Å². The Hall–Kier alpha value is -2.89. The second-order valence-electron chi connectivity index (χ2n) is 5.68. The summed E-state index contributed by atoms with van der Waals surface area (Å²) in [6, 6.07) is 9.36. The first-order valence-electron chi connectivity index (χ1n) is 7.89. The third-order valence-corrected chi connectivity index (χ3v) is 4.40. The minimum atomic E-state index is -0.173. The van der Waals surface area contributed by atoms with Gasteiger partial charge in [0.1, 0.15) is 0 Å². The van der Waals surface area contributed by atoms with Crippen LogP contribution >= 0.6 is 0 Å². The standard InChI is InChI=1S/C19H21NO5/c1-22-15-7-5-6-11(19(15)25-4)12-9-18(21)20-14-10-17(24-3)16(23-2)8-13(12)14/h5-8,10,12H,9H2,1-4H3,(H,20,21)/t12-/m1/s1. The molecule has 0 radical (unpaired) electrons. The molecule has 1 N–H and O–H groups in total. The Morgan fingerprint density at radius 2 is 1.56 bits per heavy atom. The van der Waals surface area contributed by atoms with Crippen LogP contribution in [0.15, 0.2) is 30.3 Å². The Bertz CT molecular complexity index is 803. The number of benzene rings is 2. The van der Waals surface area contributed by atoms with Crippen LogP contribution in [0.1, 0.15) is 23.5 Å². The van der Waals surface area contributed by atoms with E-state index in [1.165, 1.54) is 0 Å².